The van der Waals surface area contributed by atoms with Crippen LogP contribution in [-0.2, 0) is 33.8 Å². The zero-order valence-electron chi connectivity index (χ0n) is 9.51. The highest BCUT2D eigenvalue weighted by atomic mass is 17.3. The van der Waals surface area contributed by atoms with Gasteiger partial charge in [-0.2, -0.15) is 19.6 Å². The van der Waals surface area contributed by atoms with Gasteiger partial charge >= 0.3 is 0 Å². The van der Waals surface area contributed by atoms with Gasteiger partial charge in [-0.3, -0.25) is 4.79 Å². The van der Waals surface area contributed by atoms with Gasteiger partial charge in [0, 0.05) is 0 Å². The first kappa shape index (κ1) is 11.9. The Hall–Kier alpha value is -0.570. The van der Waals surface area contributed by atoms with E-state index in [-0.39, 0.29) is 0 Å². The molecule has 2 heterocycles. The van der Waals surface area contributed by atoms with Crippen LogP contribution in [0.15, 0.2) is 0 Å². The van der Waals surface area contributed by atoms with E-state index in [0.29, 0.717) is 0 Å². The minimum atomic E-state index is -1.17. The van der Waals surface area contributed by atoms with Crippen molar-refractivity contribution < 1.29 is 33.8 Å². The van der Waals surface area contributed by atoms with Crippen LogP contribution < -0.4 is 0 Å². The van der Waals surface area contributed by atoms with Crippen LogP contribution in [0.25, 0.3) is 0 Å². The van der Waals surface area contributed by atoms with Crippen LogP contribution in [0.4, 0.5) is 0 Å². The lowest BCUT2D eigenvalue weighted by atomic mass is 10.3. The maximum absolute atomic E-state index is 11.8. The molecule has 16 heavy (non-hydrogen) atoms. The van der Waals surface area contributed by atoms with E-state index in [0.717, 1.165) is 0 Å². The summed E-state index contributed by atoms with van der Waals surface area (Å²) in [6, 6.07) is 0. The van der Waals surface area contributed by atoms with Crippen molar-refractivity contribution in [3.8, 4) is 0 Å². The van der Waals surface area contributed by atoms with E-state index in [1.54, 1.807) is 27.7 Å². The molecule has 2 fully saturated rings. The maximum Gasteiger partial charge on any atom is 0.258 e. The number of carbonyl (C=O) groups is 1. The summed E-state index contributed by atoms with van der Waals surface area (Å²) in [6.07, 6.45) is -2.34. The Kier molecular flexibility index (Phi) is 2.77. The Labute approximate surface area is 92.3 Å². The summed E-state index contributed by atoms with van der Waals surface area (Å²) in [6.45, 7) is 6.49. The molecule has 0 aromatic heterocycles. The third-order valence-electron chi connectivity index (χ3n) is 1.92. The first-order valence-corrected chi connectivity index (χ1v) is 4.87. The number of hydrogen-bond donors (Lipinski definition) is 0. The second kappa shape index (κ2) is 3.73. The summed E-state index contributed by atoms with van der Waals surface area (Å²) in [5.41, 5.74) is 0. The number of rotatable bonds is 2. The molecule has 0 radical (unpaired) electrons. The van der Waals surface area contributed by atoms with Gasteiger partial charge in [0.2, 0.25) is 0 Å². The summed E-state index contributed by atoms with van der Waals surface area (Å²) in [7, 11) is 0. The first-order chi connectivity index (χ1) is 7.29. The van der Waals surface area contributed by atoms with Gasteiger partial charge in [0.15, 0.2) is 11.6 Å². The van der Waals surface area contributed by atoms with Crippen molar-refractivity contribution in [3.63, 3.8) is 0 Å². The van der Waals surface area contributed by atoms with Crippen molar-refractivity contribution in [1.82, 2.24) is 0 Å². The number of ether oxygens (including phenoxy) is 2. The molecule has 0 aliphatic carbocycles. The van der Waals surface area contributed by atoms with Crippen LogP contribution in [0, 0.1) is 0 Å². The number of Topliss-reactive ketones (excluding diaryl/α,β-unsaturated/α-hetero) is 1. The second-order valence-corrected chi connectivity index (χ2v) is 4.46. The van der Waals surface area contributed by atoms with Crippen LogP contribution in [0.2, 0.25) is 0 Å². The zero-order valence-corrected chi connectivity index (χ0v) is 9.51. The van der Waals surface area contributed by atoms with Gasteiger partial charge < -0.3 is 9.47 Å². The quantitative estimate of drug-likeness (QED) is 0.649. The molecular formula is C9H14O7. The van der Waals surface area contributed by atoms with Crippen molar-refractivity contribution in [2.75, 3.05) is 0 Å². The molecule has 0 bridgehead atoms. The van der Waals surface area contributed by atoms with Gasteiger partial charge in [0.05, 0.1) is 0 Å². The molecule has 2 unspecified atom stereocenters. The van der Waals surface area contributed by atoms with Crippen LogP contribution in [0.1, 0.15) is 27.7 Å². The third-order valence-corrected chi connectivity index (χ3v) is 1.92. The summed E-state index contributed by atoms with van der Waals surface area (Å²) < 4.78 is 10.4. The molecule has 0 amide bonds. The van der Waals surface area contributed by atoms with Gasteiger partial charge in [-0.1, -0.05) is 0 Å². The number of carbonyl (C=O) groups excluding carboxylic acids is 1. The lowest BCUT2D eigenvalue weighted by Gasteiger charge is -2.14. The van der Waals surface area contributed by atoms with E-state index in [1.807, 2.05) is 0 Å². The standard InChI is InChI=1S/C9H14O7/c1-8(2)11-6(13-15-8)5(10)7-12-9(3,4)16-14-7/h6-7H,1-4H3. The summed E-state index contributed by atoms with van der Waals surface area (Å²) in [5.74, 6) is -2.47. The Bertz CT molecular complexity index is 270. The summed E-state index contributed by atoms with van der Waals surface area (Å²) >= 11 is 0. The van der Waals surface area contributed by atoms with E-state index in [2.05, 4.69) is 0 Å². The molecule has 7 nitrogen and oxygen atoms in total. The lowest BCUT2D eigenvalue weighted by Crippen LogP contribution is -2.36. The molecule has 2 rings (SSSR count). The Morgan fingerprint density at radius 2 is 1.25 bits per heavy atom. The van der Waals surface area contributed by atoms with E-state index in [9.17, 15) is 4.79 Å². The van der Waals surface area contributed by atoms with Crippen LogP contribution in [0.3, 0.4) is 0 Å². The average molecular weight is 234 g/mol. The van der Waals surface area contributed by atoms with Crippen molar-refractivity contribution in [3.05, 3.63) is 0 Å². The lowest BCUT2D eigenvalue weighted by molar-refractivity contribution is -0.326. The fraction of sp³-hybridized carbons (Fsp3) is 0.889. The number of ketones is 1. The first-order valence-electron chi connectivity index (χ1n) is 4.87. The topological polar surface area (TPSA) is 72.5 Å². The van der Waals surface area contributed by atoms with Crippen molar-refractivity contribution in [1.29, 1.82) is 0 Å². The van der Waals surface area contributed by atoms with Gasteiger partial charge in [-0.25, -0.2) is 0 Å². The van der Waals surface area contributed by atoms with Gasteiger partial charge in [0.1, 0.15) is 0 Å². The summed E-state index contributed by atoms with van der Waals surface area (Å²) in [5, 5.41) is 0. The van der Waals surface area contributed by atoms with Gasteiger partial charge in [-0.05, 0) is 27.7 Å². The van der Waals surface area contributed by atoms with Crippen molar-refractivity contribution >= 4 is 5.78 Å². The molecule has 2 atom stereocenters. The van der Waals surface area contributed by atoms with Crippen LogP contribution >= 0.6 is 0 Å². The zero-order chi connectivity index (χ0) is 12.0. The van der Waals surface area contributed by atoms with E-state index >= 15 is 0 Å². The fourth-order valence-electron chi connectivity index (χ4n) is 1.24. The second-order valence-electron chi connectivity index (χ2n) is 4.46. The highest BCUT2D eigenvalue weighted by molar-refractivity contribution is 5.85. The predicted molar refractivity (Wildman–Crippen MR) is 47.3 cm³/mol. The van der Waals surface area contributed by atoms with Crippen LogP contribution in [0.5, 0.6) is 0 Å². The van der Waals surface area contributed by atoms with Crippen molar-refractivity contribution in [2.24, 2.45) is 0 Å². The fourth-order valence-corrected chi connectivity index (χ4v) is 1.24. The molecule has 0 spiro atoms. The average Bonchev–Trinajstić information content (AvgIpc) is 2.68. The molecular weight excluding hydrogens is 220 g/mol. The third kappa shape index (κ3) is 2.40. The Morgan fingerprint density at radius 1 is 0.875 bits per heavy atom. The monoisotopic (exact) mass is 234 g/mol. The largest absolute Gasteiger partial charge is 0.309 e. The molecule has 2 aliphatic rings. The molecule has 2 aliphatic heterocycles. The smallest absolute Gasteiger partial charge is 0.258 e. The molecule has 7 heteroatoms. The van der Waals surface area contributed by atoms with Gasteiger partial charge in [0.25, 0.3) is 18.4 Å². The highest BCUT2D eigenvalue weighted by Crippen LogP contribution is 2.29. The van der Waals surface area contributed by atoms with Crippen molar-refractivity contribution in [2.45, 2.75) is 51.8 Å². The van der Waals surface area contributed by atoms with E-state index in [1.165, 1.54) is 0 Å². The molecule has 92 valence electrons. The molecule has 0 aromatic carbocycles. The maximum atomic E-state index is 11.8. The van der Waals surface area contributed by atoms with E-state index < -0.39 is 29.9 Å². The summed E-state index contributed by atoms with van der Waals surface area (Å²) in [4.78, 5) is 30.8. The van der Waals surface area contributed by atoms with Crippen LogP contribution in [-0.4, -0.2) is 29.9 Å². The van der Waals surface area contributed by atoms with Gasteiger partial charge in [-0.15, -0.1) is 0 Å². The normalized spacial score (nSPS) is 36.5. The molecule has 0 saturated carbocycles. The molecule has 0 N–H and O–H groups in total. The molecule has 0 aromatic rings. The number of hydrogen-bond acceptors (Lipinski definition) is 7. The molecule has 2 saturated heterocycles. The predicted octanol–water partition coefficient (Wildman–Crippen LogP) is 0.637. The minimum absolute atomic E-state index is 0.545. The highest BCUT2D eigenvalue weighted by Gasteiger charge is 2.47. The minimum Gasteiger partial charge on any atom is -0.309 e. The Balaban J connectivity index is 1.95. The Morgan fingerprint density at radius 3 is 1.50 bits per heavy atom. The van der Waals surface area contributed by atoms with E-state index in [4.69, 9.17) is 29.0 Å². The SMILES string of the molecule is CC1(C)OOC(C(=O)C2OOC(C)(C)O2)O1.